The maximum Gasteiger partial charge on any atom is 0.123 e. The number of hydrogen-bond acceptors (Lipinski definition) is 1. The summed E-state index contributed by atoms with van der Waals surface area (Å²) >= 11 is 0. The van der Waals surface area contributed by atoms with Crippen molar-refractivity contribution < 1.29 is 8.78 Å². The normalized spacial score (nSPS) is 11.4. The van der Waals surface area contributed by atoms with Crippen LogP contribution in [-0.4, -0.2) is 18.1 Å². The van der Waals surface area contributed by atoms with E-state index in [1.54, 1.807) is 0 Å². The number of aromatic nitrogens is 1. The van der Waals surface area contributed by atoms with Crippen LogP contribution in [0.15, 0.2) is 79.0 Å². The summed E-state index contributed by atoms with van der Waals surface area (Å²) in [4.78, 5) is 3.32. The zero-order chi connectivity index (χ0) is 20.8. The lowest BCUT2D eigenvalue weighted by Gasteiger charge is -2.18. The van der Waals surface area contributed by atoms with Crippen LogP contribution < -0.4 is 5.32 Å². The van der Waals surface area contributed by atoms with Gasteiger partial charge in [-0.1, -0.05) is 42.5 Å². The van der Waals surface area contributed by atoms with Crippen LogP contribution in [-0.2, 0) is 6.42 Å². The molecule has 0 bridgehead atoms. The number of hydrogen-bond donors (Lipinski definition) is 2. The van der Waals surface area contributed by atoms with Crippen molar-refractivity contribution in [3.8, 4) is 0 Å². The second kappa shape index (κ2) is 9.68. The first-order valence-electron chi connectivity index (χ1n) is 10.5. The van der Waals surface area contributed by atoms with Gasteiger partial charge in [0, 0.05) is 23.0 Å². The summed E-state index contributed by atoms with van der Waals surface area (Å²) in [5.74, 6) is -0.354. The van der Waals surface area contributed by atoms with Gasteiger partial charge in [-0.3, -0.25) is 0 Å². The van der Waals surface area contributed by atoms with Gasteiger partial charge in [0.05, 0.1) is 0 Å². The molecule has 4 rings (SSSR count). The van der Waals surface area contributed by atoms with Crippen molar-refractivity contribution in [1.29, 1.82) is 0 Å². The summed E-state index contributed by atoms with van der Waals surface area (Å²) in [5, 5.41) is 4.82. The predicted molar refractivity (Wildman–Crippen MR) is 119 cm³/mol. The zero-order valence-electron chi connectivity index (χ0n) is 16.9. The number of halogens is 2. The highest BCUT2D eigenvalue weighted by Crippen LogP contribution is 2.29. The van der Waals surface area contributed by atoms with Crippen LogP contribution in [0.5, 0.6) is 0 Å². The van der Waals surface area contributed by atoms with Crippen molar-refractivity contribution in [2.45, 2.75) is 25.2 Å². The van der Waals surface area contributed by atoms with Crippen molar-refractivity contribution in [2.24, 2.45) is 0 Å². The molecule has 0 unspecified atom stereocenters. The van der Waals surface area contributed by atoms with Crippen molar-refractivity contribution in [3.05, 3.63) is 107 Å². The molecule has 0 aliphatic rings. The molecule has 0 radical (unpaired) electrons. The monoisotopic (exact) mass is 404 g/mol. The van der Waals surface area contributed by atoms with Gasteiger partial charge in [-0.2, -0.15) is 0 Å². The Bertz CT molecular complexity index is 1020. The van der Waals surface area contributed by atoms with Crippen LogP contribution in [0.2, 0.25) is 0 Å². The lowest BCUT2D eigenvalue weighted by molar-refractivity contribution is 0.589. The molecule has 0 saturated carbocycles. The Morgan fingerprint density at radius 1 is 0.767 bits per heavy atom. The third-order valence-electron chi connectivity index (χ3n) is 5.64. The second-order valence-electron chi connectivity index (χ2n) is 7.66. The number of nitrogens with one attached hydrogen (secondary N) is 2. The summed E-state index contributed by atoms with van der Waals surface area (Å²) in [6.07, 6.45) is 4.96. The van der Waals surface area contributed by atoms with E-state index in [0.717, 1.165) is 43.5 Å². The molecule has 3 aromatic carbocycles. The molecule has 2 N–H and O–H groups in total. The van der Waals surface area contributed by atoms with Gasteiger partial charge in [-0.15, -0.1) is 0 Å². The highest BCUT2D eigenvalue weighted by molar-refractivity contribution is 5.83. The third kappa shape index (κ3) is 4.95. The summed E-state index contributed by atoms with van der Waals surface area (Å²) in [6.45, 7) is 1.82. The Kier molecular flexibility index (Phi) is 6.55. The Morgan fingerprint density at radius 3 is 2.07 bits per heavy atom. The van der Waals surface area contributed by atoms with Crippen LogP contribution in [0.4, 0.5) is 8.78 Å². The van der Waals surface area contributed by atoms with Crippen LogP contribution in [0.1, 0.15) is 35.4 Å². The Balaban J connectivity index is 1.31. The maximum atomic E-state index is 13.3. The van der Waals surface area contributed by atoms with Crippen molar-refractivity contribution in [2.75, 3.05) is 13.1 Å². The van der Waals surface area contributed by atoms with E-state index in [0.29, 0.717) is 0 Å². The first-order chi connectivity index (χ1) is 14.7. The molecule has 0 aliphatic heterocycles. The van der Waals surface area contributed by atoms with Gasteiger partial charge in [-0.05, 0) is 79.4 Å². The molecule has 154 valence electrons. The van der Waals surface area contributed by atoms with Gasteiger partial charge >= 0.3 is 0 Å². The molecule has 0 atom stereocenters. The molecule has 0 amide bonds. The number of fused-ring (bicyclic) bond motifs is 1. The third-order valence-corrected chi connectivity index (χ3v) is 5.64. The Labute approximate surface area is 176 Å². The van der Waals surface area contributed by atoms with Gasteiger partial charge in [0.1, 0.15) is 11.6 Å². The maximum absolute atomic E-state index is 13.3. The fourth-order valence-electron chi connectivity index (χ4n) is 4.03. The Morgan fingerprint density at radius 2 is 1.40 bits per heavy atom. The fourth-order valence-corrected chi connectivity index (χ4v) is 4.03. The topological polar surface area (TPSA) is 27.8 Å². The van der Waals surface area contributed by atoms with Crippen LogP contribution in [0.25, 0.3) is 10.9 Å². The van der Waals surface area contributed by atoms with E-state index in [2.05, 4.69) is 34.7 Å². The van der Waals surface area contributed by atoms with Gasteiger partial charge in [-0.25, -0.2) is 8.78 Å². The van der Waals surface area contributed by atoms with E-state index in [1.807, 2.05) is 30.3 Å². The molecule has 30 heavy (non-hydrogen) atoms. The second-order valence-corrected chi connectivity index (χ2v) is 7.66. The number of rotatable bonds is 9. The molecule has 0 aliphatic carbocycles. The number of para-hydroxylation sites is 1. The summed E-state index contributed by atoms with van der Waals surface area (Å²) in [6, 6.07) is 21.6. The van der Waals surface area contributed by atoms with E-state index in [-0.39, 0.29) is 17.6 Å². The van der Waals surface area contributed by atoms with Crippen molar-refractivity contribution in [3.63, 3.8) is 0 Å². The highest BCUT2D eigenvalue weighted by atomic mass is 19.1. The minimum Gasteiger partial charge on any atom is -0.361 e. The fraction of sp³-hybridized carbons (Fsp3) is 0.231. The van der Waals surface area contributed by atoms with Crippen LogP contribution in [0.3, 0.4) is 0 Å². The minimum absolute atomic E-state index is 0.126. The van der Waals surface area contributed by atoms with Crippen LogP contribution in [0, 0.1) is 11.6 Å². The van der Waals surface area contributed by atoms with Gasteiger partial charge in [0.2, 0.25) is 0 Å². The molecule has 4 heteroatoms. The van der Waals surface area contributed by atoms with Gasteiger partial charge < -0.3 is 10.3 Å². The highest BCUT2D eigenvalue weighted by Gasteiger charge is 2.14. The van der Waals surface area contributed by atoms with Gasteiger partial charge in [0.15, 0.2) is 0 Å². The van der Waals surface area contributed by atoms with Crippen molar-refractivity contribution >= 4 is 10.9 Å². The lowest BCUT2D eigenvalue weighted by Crippen LogP contribution is -2.19. The smallest absolute Gasteiger partial charge is 0.123 e. The van der Waals surface area contributed by atoms with E-state index in [1.165, 1.54) is 40.7 Å². The standard InChI is InChI=1S/C26H26F2N2/c27-22-11-7-19(8-12-22)24(20-9-13-23(28)14-10-20)5-3-16-29-17-15-21-18-30-26-6-2-1-4-25(21)26/h1-2,4,6-14,18,24,29-30H,3,5,15-17H2. The molecule has 2 nitrogen and oxygen atoms in total. The predicted octanol–water partition coefficient (Wildman–Crippen LogP) is 6.19. The zero-order valence-corrected chi connectivity index (χ0v) is 16.9. The minimum atomic E-state index is -0.240. The molecule has 1 aromatic heterocycles. The number of benzene rings is 3. The van der Waals surface area contributed by atoms with E-state index in [9.17, 15) is 8.78 Å². The molecule has 1 heterocycles. The number of aromatic amines is 1. The molecular formula is C26H26F2N2. The Hall–Kier alpha value is -2.98. The first-order valence-corrected chi connectivity index (χ1v) is 10.5. The largest absolute Gasteiger partial charge is 0.361 e. The summed E-state index contributed by atoms with van der Waals surface area (Å²) < 4.78 is 26.7. The van der Waals surface area contributed by atoms with E-state index >= 15 is 0 Å². The quantitative estimate of drug-likeness (QED) is 0.320. The summed E-state index contributed by atoms with van der Waals surface area (Å²) in [5.41, 5.74) is 4.62. The van der Waals surface area contributed by atoms with Crippen LogP contribution >= 0.6 is 0 Å². The molecule has 4 aromatic rings. The van der Waals surface area contributed by atoms with E-state index in [4.69, 9.17) is 0 Å². The van der Waals surface area contributed by atoms with E-state index < -0.39 is 0 Å². The molecule has 0 fully saturated rings. The summed E-state index contributed by atoms with van der Waals surface area (Å²) in [7, 11) is 0. The first kappa shape index (κ1) is 20.3. The molecule has 0 spiro atoms. The van der Waals surface area contributed by atoms with Crippen molar-refractivity contribution in [1.82, 2.24) is 10.3 Å². The number of H-pyrrole nitrogens is 1. The molecule has 0 saturated heterocycles. The van der Waals surface area contributed by atoms with Gasteiger partial charge in [0.25, 0.3) is 0 Å². The average molecular weight is 405 g/mol. The lowest BCUT2D eigenvalue weighted by atomic mass is 9.87. The molecular weight excluding hydrogens is 378 g/mol. The average Bonchev–Trinajstić information content (AvgIpc) is 3.18. The SMILES string of the molecule is Fc1ccc(C(CCCNCCc2c[nH]c3ccccc23)c2ccc(F)cc2)cc1.